The first-order valence-electron chi connectivity index (χ1n) is 7.01. The summed E-state index contributed by atoms with van der Waals surface area (Å²) in [7, 11) is 0. The van der Waals surface area contributed by atoms with E-state index in [-0.39, 0.29) is 5.91 Å². The molecule has 0 radical (unpaired) electrons. The minimum atomic E-state index is -0.0719. The number of benzene rings is 1. The lowest BCUT2D eigenvalue weighted by molar-refractivity contribution is 0.0955. The molecule has 5 nitrogen and oxygen atoms in total. The Balaban J connectivity index is 1.66. The summed E-state index contributed by atoms with van der Waals surface area (Å²) in [5.41, 5.74) is 1.80. The van der Waals surface area contributed by atoms with Crippen molar-refractivity contribution in [3.63, 3.8) is 0 Å². The number of hydrogen-bond donors (Lipinski definition) is 1. The summed E-state index contributed by atoms with van der Waals surface area (Å²) in [6.45, 7) is 3.13. The van der Waals surface area contributed by atoms with Gasteiger partial charge in [-0.05, 0) is 6.92 Å². The maximum atomic E-state index is 12.3. The highest BCUT2D eigenvalue weighted by molar-refractivity contribution is 7.17. The summed E-state index contributed by atoms with van der Waals surface area (Å²) in [6.07, 6.45) is 5.33. The molecule has 0 bridgehead atoms. The molecule has 1 aromatic carbocycles. The fourth-order valence-corrected chi connectivity index (χ4v) is 3.10. The van der Waals surface area contributed by atoms with Gasteiger partial charge in [-0.3, -0.25) is 4.79 Å². The molecule has 0 saturated carbocycles. The van der Waals surface area contributed by atoms with Crippen LogP contribution in [0.15, 0.2) is 49.1 Å². The van der Waals surface area contributed by atoms with Gasteiger partial charge in [0.2, 0.25) is 0 Å². The zero-order valence-electron chi connectivity index (χ0n) is 12.2. The minimum absolute atomic E-state index is 0.0719. The third-order valence-electron chi connectivity index (χ3n) is 3.24. The summed E-state index contributed by atoms with van der Waals surface area (Å²) < 4.78 is 1.93. The van der Waals surface area contributed by atoms with Gasteiger partial charge in [0, 0.05) is 31.0 Å². The van der Waals surface area contributed by atoms with E-state index in [1.54, 1.807) is 12.5 Å². The maximum absolute atomic E-state index is 12.3. The second kappa shape index (κ2) is 6.53. The molecule has 0 spiro atoms. The van der Waals surface area contributed by atoms with Crippen LogP contribution in [-0.4, -0.2) is 27.0 Å². The summed E-state index contributed by atoms with van der Waals surface area (Å²) in [5.74, 6) is -0.0719. The Morgan fingerprint density at radius 3 is 2.86 bits per heavy atom. The first-order valence-corrected chi connectivity index (χ1v) is 7.82. The van der Waals surface area contributed by atoms with Gasteiger partial charge < -0.3 is 9.88 Å². The number of aryl methyl sites for hydroxylation is 1. The largest absolute Gasteiger partial charge is 0.349 e. The Hall–Kier alpha value is -2.47. The number of imidazole rings is 1. The second-order valence-electron chi connectivity index (χ2n) is 4.86. The maximum Gasteiger partial charge on any atom is 0.263 e. The molecule has 6 heteroatoms. The van der Waals surface area contributed by atoms with Gasteiger partial charge in [0.15, 0.2) is 0 Å². The van der Waals surface area contributed by atoms with E-state index in [2.05, 4.69) is 15.3 Å². The number of carbonyl (C=O) groups is 1. The highest BCUT2D eigenvalue weighted by Crippen LogP contribution is 2.27. The van der Waals surface area contributed by atoms with E-state index >= 15 is 0 Å². The quantitative estimate of drug-likeness (QED) is 0.788. The molecule has 0 aliphatic rings. The molecule has 22 heavy (non-hydrogen) atoms. The van der Waals surface area contributed by atoms with E-state index in [0.29, 0.717) is 18.0 Å². The van der Waals surface area contributed by atoms with Crippen LogP contribution in [0.25, 0.3) is 10.6 Å². The zero-order chi connectivity index (χ0) is 15.4. The van der Waals surface area contributed by atoms with Crippen LogP contribution >= 0.6 is 11.3 Å². The molecule has 0 atom stereocenters. The number of amides is 1. The first kappa shape index (κ1) is 14.5. The summed E-state index contributed by atoms with van der Waals surface area (Å²) in [6, 6.07) is 9.90. The van der Waals surface area contributed by atoms with Gasteiger partial charge in [-0.15, -0.1) is 11.3 Å². The molecular weight excluding hydrogens is 296 g/mol. The number of rotatable bonds is 5. The zero-order valence-corrected chi connectivity index (χ0v) is 13.0. The third-order valence-corrected chi connectivity index (χ3v) is 4.44. The molecule has 0 aliphatic carbocycles. The minimum Gasteiger partial charge on any atom is -0.349 e. The third kappa shape index (κ3) is 3.23. The number of hydrogen-bond acceptors (Lipinski definition) is 4. The number of aromatic nitrogens is 3. The van der Waals surface area contributed by atoms with Crippen LogP contribution in [0.3, 0.4) is 0 Å². The van der Waals surface area contributed by atoms with Crippen LogP contribution in [0, 0.1) is 6.92 Å². The Kier molecular flexibility index (Phi) is 4.29. The number of nitrogens with zero attached hydrogens (tertiary/aromatic N) is 3. The van der Waals surface area contributed by atoms with Crippen molar-refractivity contribution in [1.82, 2.24) is 19.9 Å². The van der Waals surface area contributed by atoms with Gasteiger partial charge >= 0.3 is 0 Å². The lowest BCUT2D eigenvalue weighted by Gasteiger charge is -2.04. The van der Waals surface area contributed by atoms with Crippen molar-refractivity contribution < 1.29 is 4.79 Å². The fourth-order valence-electron chi connectivity index (χ4n) is 2.11. The van der Waals surface area contributed by atoms with Gasteiger partial charge in [-0.1, -0.05) is 30.3 Å². The summed E-state index contributed by atoms with van der Waals surface area (Å²) in [4.78, 5) is 21.4. The van der Waals surface area contributed by atoms with Crippen molar-refractivity contribution in [2.45, 2.75) is 13.5 Å². The molecule has 0 fully saturated rings. The van der Waals surface area contributed by atoms with Crippen LogP contribution in [0.4, 0.5) is 0 Å². The average molecular weight is 312 g/mol. The van der Waals surface area contributed by atoms with Gasteiger partial charge in [-0.25, -0.2) is 9.97 Å². The van der Waals surface area contributed by atoms with Crippen molar-refractivity contribution in [3.8, 4) is 10.6 Å². The highest BCUT2D eigenvalue weighted by Gasteiger charge is 2.15. The van der Waals surface area contributed by atoms with E-state index < -0.39 is 0 Å². The van der Waals surface area contributed by atoms with Crippen LogP contribution in [0.5, 0.6) is 0 Å². The smallest absolute Gasteiger partial charge is 0.263 e. The molecule has 0 saturated heterocycles. The van der Waals surface area contributed by atoms with E-state index in [1.807, 2.05) is 48.0 Å². The van der Waals surface area contributed by atoms with Crippen molar-refractivity contribution in [2.24, 2.45) is 0 Å². The van der Waals surface area contributed by atoms with Gasteiger partial charge in [-0.2, -0.15) is 0 Å². The Morgan fingerprint density at radius 1 is 1.32 bits per heavy atom. The molecule has 2 heterocycles. The molecule has 3 rings (SSSR count). The van der Waals surface area contributed by atoms with Crippen molar-refractivity contribution >= 4 is 17.2 Å². The molecule has 0 unspecified atom stereocenters. The monoisotopic (exact) mass is 312 g/mol. The number of thiazole rings is 1. The Labute approximate surface area is 132 Å². The van der Waals surface area contributed by atoms with E-state index in [1.165, 1.54) is 11.3 Å². The summed E-state index contributed by atoms with van der Waals surface area (Å²) >= 11 is 1.43. The Bertz CT molecular complexity index is 750. The normalized spacial score (nSPS) is 10.6. The fraction of sp³-hybridized carbons (Fsp3) is 0.188. The van der Waals surface area contributed by atoms with Gasteiger partial charge in [0.1, 0.15) is 9.88 Å². The number of nitrogens with one attached hydrogen (secondary N) is 1. The summed E-state index contributed by atoms with van der Waals surface area (Å²) in [5, 5.41) is 3.80. The SMILES string of the molecule is Cc1nc(-c2ccccc2)sc1C(=O)NCCn1ccnc1. The molecule has 1 N–H and O–H groups in total. The molecular formula is C16H16N4OS. The van der Waals surface area contributed by atoms with Crippen LogP contribution in [0.1, 0.15) is 15.4 Å². The molecule has 112 valence electrons. The molecule has 1 amide bonds. The van der Waals surface area contributed by atoms with E-state index in [4.69, 9.17) is 0 Å². The van der Waals surface area contributed by atoms with Gasteiger partial charge in [0.05, 0.1) is 12.0 Å². The van der Waals surface area contributed by atoms with Crippen LogP contribution in [-0.2, 0) is 6.54 Å². The predicted molar refractivity (Wildman–Crippen MR) is 86.8 cm³/mol. The average Bonchev–Trinajstić information content (AvgIpc) is 3.17. The molecule has 0 aliphatic heterocycles. The van der Waals surface area contributed by atoms with Crippen molar-refractivity contribution in [2.75, 3.05) is 6.54 Å². The standard InChI is InChI=1S/C16H16N4OS/c1-12-14(15(21)18-8-10-20-9-7-17-11-20)22-16(19-12)13-5-3-2-4-6-13/h2-7,9,11H,8,10H2,1H3,(H,18,21). The van der Waals surface area contributed by atoms with E-state index in [0.717, 1.165) is 16.3 Å². The predicted octanol–water partition coefficient (Wildman–Crippen LogP) is 2.75. The Morgan fingerprint density at radius 2 is 2.14 bits per heavy atom. The molecule has 3 aromatic rings. The second-order valence-corrected chi connectivity index (χ2v) is 5.86. The first-order chi connectivity index (χ1) is 10.7. The van der Waals surface area contributed by atoms with Crippen LogP contribution in [0.2, 0.25) is 0 Å². The van der Waals surface area contributed by atoms with Crippen molar-refractivity contribution in [3.05, 3.63) is 59.6 Å². The van der Waals surface area contributed by atoms with E-state index in [9.17, 15) is 4.79 Å². The topological polar surface area (TPSA) is 59.8 Å². The highest BCUT2D eigenvalue weighted by atomic mass is 32.1. The number of carbonyl (C=O) groups excluding carboxylic acids is 1. The lowest BCUT2D eigenvalue weighted by Crippen LogP contribution is -2.26. The van der Waals surface area contributed by atoms with Crippen LogP contribution < -0.4 is 5.32 Å². The lowest BCUT2D eigenvalue weighted by atomic mass is 10.2. The van der Waals surface area contributed by atoms with Gasteiger partial charge in [0.25, 0.3) is 5.91 Å². The molecule has 2 aromatic heterocycles. The van der Waals surface area contributed by atoms with Crippen molar-refractivity contribution in [1.29, 1.82) is 0 Å².